The second-order valence-electron chi connectivity index (χ2n) is 7.51. The van der Waals surface area contributed by atoms with Gasteiger partial charge in [0.2, 0.25) is 10.0 Å². The number of sulfonamides is 1. The lowest BCUT2D eigenvalue weighted by Gasteiger charge is -2.30. The minimum absolute atomic E-state index is 0.132. The van der Waals surface area contributed by atoms with Crippen molar-refractivity contribution in [2.75, 3.05) is 25.0 Å². The predicted molar refractivity (Wildman–Crippen MR) is 93.2 cm³/mol. The van der Waals surface area contributed by atoms with E-state index in [4.69, 9.17) is 0 Å². The first kappa shape index (κ1) is 16.3. The molecular formula is C17H26N4O2S. The number of aromatic nitrogens is 2. The monoisotopic (exact) mass is 350 g/mol. The molecule has 1 aliphatic heterocycles. The Morgan fingerprint density at radius 2 is 1.92 bits per heavy atom. The molecule has 3 fully saturated rings. The molecule has 0 aromatic carbocycles. The van der Waals surface area contributed by atoms with Gasteiger partial charge in [-0.1, -0.05) is 12.8 Å². The normalized spacial score (nSPS) is 31.5. The largest absolute Gasteiger partial charge is 0.355 e. The molecular weight excluding hydrogens is 324 g/mol. The molecule has 0 unspecified atom stereocenters. The lowest BCUT2D eigenvalue weighted by molar-refractivity contribution is 0.412. The maximum Gasteiger partial charge on any atom is 0.216 e. The summed E-state index contributed by atoms with van der Waals surface area (Å²) in [6, 6.07) is 0.357. The highest BCUT2D eigenvalue weighted by Crippen LogP contribution is 2.43. The van der Waals surface area contributed by atoms with Gasteiger partial charge in [-0.25, -0.2) is 17.7 Å². The highest BCUT2D eigenvalue weighted by atomic mass is 32.2. The van der Waals surface area contributed by atoms with Gasteiger partial charge in [0.05, 0.1) is 11.4 Å². The van der Waals surface area contributed by atoms with E-state index in [2.05, 4.69) is 21.9 Å². The van der Waals surface area contributed by atoms with E-state index in [1.165, 1.54) is 0 Å². The van der Waals surface area contributed by atoms with Crippen LogP contribution >= 0.6 is 0 Å². The molecule has 0 radical (unpaired) electrons. The van der Waals surface area contributed by atoms with E-state index in [-0.39, 0.29) is 5.25 Å². The molecule has 24 heavy (non-hydrogen) atoms. The Morgan fingerprint density at radius 3 is 2.62 bits per heavy atom. The van der Waals surface area contributed by atoms with Gasteiger partial charge in [0.15, 0.2) is 0 Å². The van der Waals surface area contributed by atoms with E-state index in [9.17, 15) is 8.42 Å². The minimum atomic E-state index is -3.11. The predicted octanol–water partition coefficient (Wildman–Crippen LogP) is 1.90. The van der Waals surface area contributed by atoms with Gasteiger partial charge >= 0.3 is 0 Å². The van der Waals surface area contributed by atoms with Gasteiger partial charge in [-0.05, 0) is 37.5 Å². The van der Waals surface area contributed by atoms with Gasteiger partial charge in [-0.15, -0.1) is 0 Å². The average molecular weight is 350 g/mol. The topological polar surface area (TPSA) is 66.4 Å². The summed E-state index contributed by atoms with van der Waals surface area (Å²) in [4.78, 5) is 10.8. The minimum Gasteiger partial charge on any atom is -0.355 e. The molecule has 4 rings (SSSR count). The van der Waals surface area contributed by atoms with Crippen molar-refractivity contribution in [3.8, 4) is 0 Å². The van der Waals surface area contributed by atoms with Crippen LogP contribution in [0.25, 0.3) is 0 Å². The first-order chi connectivity index (χ1) is 11.6. The van der Waals surface area contributed by atoms with Crippen LogP contribution in [0.5, 0.6) is 0 Å². The maximum atomic E-state index is 12.9. The molecule has 2 heterocycles. The maximum absolute atomic E-state index is 12.9. The molecule has 0 bridgehead atoms. The Kier molecular flexibility index (Phi) is 4.24. The molecule has 3 aliphatic rings. The SMILES string of the molecule is CN(c1cnccn1)[C@@H]1CC[C@@H]2CN(S(=O)(=O)C3CCCC3)C[C@@H]21. The van der Waals surface area contributed by atoms with Gasteiger partial charge < -0.3 is 4.90 Å². The van der Waals surface area contributed by atoms with Crippen molar-refractivity contribution in [2.24, 2.45) is 11.8 Å². The van der Waals surface area contributed by atoms with Gasteiger partial charge in [0.25, 0.3) is 0 Å². The van der Waals surface area contributed by atoms with Crippen molar-refractivity contribution in [1.82, 2.24) is 14.3 Å². The van der Waals surface area contributed by atoms with E-state index in [0.717, 1.165) is 44.3 Å². The number of hydrogen-bond acceptors (Lipinski definition) is 5. The van der Waals surface area contributed by atoms with Crippen LogP contribution in [0, 0.1) is 11.8 Å². The molecule has 2 aliphatic carbocycles. The van der Waals surface area contributed by atoms with Crippen molar-refractivity contribution in [3.63, 3.8) is 0 Å². The third-order valence-electron chi connectivity index (χ3n) is 6.28. The summed E-state index contributed by atoms with van der Waals surface area (Å²) in [5.74, 6) is 1.78. The molecule has 0 N–H and O–H groups in total. The lowest BCUT2D eigenvalue weighted by atomic mass is 9.97. The lowest BCUT2D eigenvalue weighted by Crippen LogP contribution is -2.40. The summed E-state index contributed by atoms with van der Waals surface area (Å²) in [7, 11) is -1.05. The molecule has 1 saturated heterocycles. The van der Waals surface area contributed by atoms with Crippen molar-refractivity contribution in [3.05, 3.63) is 18.6 Å². The van der Waals surface area contributed by atoms with Crippen LogP contribution in [0.15, 0.2) is 18.6 Å². The first-order valence-electron chi connectivity index (χ1n) is 9.05. The van der Waals surface area contributed by atoms with E-state index in [1.54, 1.807) is 22.9 Å². The molecule has 1 aromatic heterocycles. The highest BCUT2D eigenvalue weighted by Gasteiger charge is 2.49. The van der Waals surface area contributed by atoms with Gasteiger partial charge in [0, 0.05) is 38.6 Å². The molecule has 1 aromatic rings. The van der Waals surface area contributed by atoms with Gasteiger partial charge in [-0.3, -0.25) is 4.98 Å². The van der Waals surface area contributed by atoms with Crippen LogP contribution in [0.3, 0.4) is 0 Å². The van der Waals surface area contributed by atoms with Crippen LogP contribution < -0.4 is 4.90 Å². The Balaban J connectivity index is 1.49. The van der Waals surface area contributed by atoms with Gasteiger partial charge in [0.1, 0.15) is 5.82 Å². The van der Waals surface area contributed by atoms with Crippen LogP contribution in [-0.2, 0) is 10.0 Å². The van der Waals surface area contributed by atoms with E-state index in [0.29, 0.717) is 31.0 Å². The summed E-state index contributed by atoms with van der Waals surface area (Å²) in [6.45, 7) is 1.40. The number of fused-ring (bicyclic) bond motifs is 1. The summed E-state index contributed by atoms with van der Waals surface area (Å²) < 4.78 is 27.6. The smallest absolute Gasteiger partial charge is 0.216 e. The van der Waals surface area contributed by atoms with Crippen LogP contribution in [-0.4, -0.2) is 54.1 Å². The average Bonchev–Trinajstić information content (AvgIpc) is 3.31. The summed E-state index contributed by atoms with van der Waals surface area (Å²) in [5, 5.41) is -0.132. The van der Waals surface area contributed by atoms with E-state index in [1.807, 2.05) is 0 Å². The third kappa shape index (κ3) is 2.71. The molecule has 7 heteroatoms. The molecule has 6 nitrogen and oxygen atoms in total. The zero-order valence-electron chi connectivity index (χ0n) is 14.2. The van der Waals surface area contributed by atoms with E-state index < -0.39 is 10.0 Å². The number of anilines is 1. The van der Waals surface area contributed by atoms with Crippen molar-refractivity contribution in [1.29, 1.82) is 0 Å². The Hall–Kier alpha value is -1.21. The van der Waals surface area contributed by atoms with Crippen LogP contribution in [0.1, 0.15) is 38.5 Å². The fourth-order valence-electron chi connectivity index (χ4n) is 4.92. The number of rotatable bonds is 4. The number of nitrogens with zero attached hydrogens (tertiary/aromatic N) is 4. The second kappa shape index (κ2) is 6.26. The van der Waals surface area contributed by atoms with Crippen molar-refractivity contribution in [2.45, 2.75) is 49.8 Å². The summed E-state index contributed by atoms with van der Waals surface area (Å²) in [5.41, 5.74) is 0. The fraction of sp³-hybridized carbons (Fsp3) is 0.765. The van der Waals surface area contributed by atoms with Crippen molar-refractivity contribution < 1.29 is 8.42 Å². The summed E-state index contributed by atoms with van der Waals surface area (Å²) in [6.07, 6.45) is 11.2. The Bertz CT molecular complexity index is 675. The van der Waals surface area contributed by atoms with Gasteiger partial charge in [-0.2, -0.15) is 0 Å². The Morgan fingerprint density at radius 1 is 1.12 bits per heavy atom. The summed E-state index contributed by atoms with van der Waals surface area (Å²) >= 11 is 0. The molecule has 3 atom stereocenters. The van der Waals surface area contributed by atoms with Crippen molar-refractivity contribution >= 4 is 15.8 Å². The molecule has 0 spiro atoms. The number of hydrogen-bond donors (Lipinski definition) is 0. The molecule has 2 saturated carbocycles. The van der Waals surface area contributed by atoms with Crippen LogP contribution in [0.4, 0.5) is 5.82 Å². The highest BCUT2D eigenvalue weighted by molar-refractivity contribution is 7.89. The second-order valence-corrected chi connectivity index (χ2v) is 9.72. The Labute approximate surface area is 144 Å². The fourth-order valence-corrected chi connectivity index (χ4v) is 7.05. The molecule has 0 amide bonds. The third-order valence-corrected chi connectivity index (χ3v) is 8.61. The van der Waals surface area contributed by atoms with E-state index >= 15 is 0 Å². The van der Waals surface area contributed by atoms with Crippen LogP contribution in [0.2, 0.25) is 0 Å². The zero-order chi connectivity index (χ0) is 16.7. The first-order valence-corrected chi connectivity index (χ1v) is 10.6. The standard InChI is InChI=1S/C17H26N4O2S/c1-20(17-10-18-8-9-19-17)16-7-6-13-11-21(12-15(13)16)24(22,23)14-4-2-3-5-14/h8-10,13-16H,2-7,11-12H2,1H3/t13-,15+,16-/m1/s1. The zero-order valence-corrected chi connectivity index (χ0v) is 15.0. The quantitative estimate of drug-likeness (QED) is 0.830. The molecule has 132 valence electrons.